The summed E-state index contributed by atoms with van der Waals surface area (Å²) in [6.45, 7) is 10.6. The zero-order valence-corrected chi connectivity index (χ0v) is 22.5. The van der Waals surface area contributed by atoms with Gasteiger partial charge in [-0.1, -0.05) is 148 Å². The average molecular weight is 507 g/mol. The summed E-state index contributed by atoms with van der Waals surface area (Å²) in [7, 11) is 0. The average Bonchev–Trinajstić information content (AvgIpc) is 2.96. The van der Waals surface area contributed by atoms with Crippen molar-refractivity contribution in [2.75, 3.05) is 0 Å². The van der Waals surface area contributed by atoms with Gasteiger partial charge in [-0.2, -0.15) is 0 Å². The highest BCUT2D eigenvalue weighted by molar-refractivity contribution is 7.79. The fourth-order valence-electron chi connectivity index (χ4n) is 5.08. The molecule has 0 fully saturated rings. The topological polar surface area (TPSA) is 0 Å². The van der Waals surface area contributed by atoms with Crippen LogP contribution in [0.15, 0.2) is 146 Å². The third-order valence-corrected chi connectivity index (χ3v) is 7.17. The molecule has 5 rings (SSSR count). The number of allylic oxidation sites excluding steroid dienone is 8. The van der Waals surface area contributed by atoms with Gasteiger partial charge in [0.05, 0.1) is 0 Å². The lowest BCUT2D eigenvalue weighted by atomic mass is 9.83. The highest BCUT2D eigenvalue weighted by atomic mass is 32.1. The van der Waals surface area contributed by atoms with E-state index in [1.54, 1.807) is 5.37 Å². The molecule has 38 heavy (non-hydrogen) atoms. The molecule has 0 aliphatic carbocycles. The summed E-state index contributed by atoms with van der Waals surface area (Å²) in [5, 5.41) is 8.94. The molecule has 0 amide bonds. The first-order valence-electron chi connectivity index (χ1n) is 12.9. The van der Waals surface area contributed by atoms with Crippen molar-refractivity contribution in [1.29, 1.82) is 0 Å². The van der Waals surface area contributed by atoms with E-state index in [9.17, 15) is 0 Å². The smallest absolute Gasteiger partial charge is 0.00801 e. The molecule has 0 saturated heterocycles. The Morgan fingerprint density at radius 1 is 0.737 bits per heavy atom. The van der Waals surface area contributed by atoms with Gasteiger partial charge in [0.25, 0.3) is 0 Å². The van der Waals surface area contributed by atoms with Gasteiger partial charge in [0.2, 0.25) is 0 Å². The lowest BCUT2D eigenvalue weighted by Gasteiger charge is -2.20. The van der Waals surface area contributed by atoms with E-state index in [2.05, 4.69) is 129 Å². The van der Waals surface area contributed by atoms with Gasteiger partial charge in [0.1, 0.15) is 0 Å². The zero-order valence-electron chi connectivity index (χ0n) is 21.7. The maximum Gasteiger partial charge on any atom is 0.00801 e. The Labute approximate surface area is 230 Å². The first-order chi connectivity index (χ1) is 18.6. The van der Waals surface area contributed by atoms with Gasteiger partial charge in [-0.25, -0.2) is 0 Å². The first-order valence-corrected chi connectivity index (χ1v) is 13.4. The minimum Gasteiger partial charge on any atom is -0.0911 e. The fourth-order valence-corrected chi connectivity index (χ4v) is 5.16. The summed E-state index contributed by atoms with van der Waals surface area (Å²) >= 11 is 5.05. The summed E-state index contributed by atoms with van der Waals surface area (Å²) in [4.78, 5) is 0. The molecule has 1 heteroatoms. The maximum atomic E-state index is 5.05. The quantitative estimate of drug-likeness (QED) is 0.0873. The summed E-state index contributed by atoms with van der Waals surface area (Å²) in [5.41, 5.74) is 6.51. The van der Waals surface area contributed by atoms with Crippen LogP contribution in [0.2, 0.25) is 0 Å². The number of thiocarbonyl (C=S) groups is 1. The molecule has 184 valence electrons. The first kappa shape index (κ1) is 25.3. The highest BCUT2D eigenvalue weighted by Gasteiger charge is 2.18. The summed E-state index contributed by atoms with van der Waals surface area (Å²) in [6.07, 6.45) is 11.3. The molecule has 0 heterocycles. The Morgan fingerprint density at radius 3 is 1.97 bits per heavy atom. The second-order valence-electron chi connectivity index (χ2n) is 9.37. The molecule has 0 N–H and O–H groups in total. The van der Waals surface area contributed by atoms with E-state index in [-0.39, 0.29) is 0 Å². The molecule has 5 aromatic carbocycles. The van der Waals surface area contributed by atoms with Gasteiger partial charge < -0.3 is 0 Å². The molecule has 0 spiro atoms. The SMILES string of the molecule is C=C(C=S)/C=C\C=C(/C(=C)/C=C\CC)c1c2ccccc2c(-c2ccc3ccccc3c2)c2ccccc12. The fraction of sp³-hybridized carbons (Fsp3) is 0.0541. The molecule has 0 aliphatic heterocycles. The number of hydrogen-bond acceptors (Lipinski definition) is 1. The normalized spacial score (nSPS) is 12.2. The minimum absolute atomic E-state index is 0.798. The van der Waals surface area contributed by atoms with Gasteiger partial charge >= 0.3 is 0 Å². The number of rotatable bonds is 8. The standard InChI is InChI=1S/C37H30S/c1-4-5-14-27(3)31(21-12-13-26(2)25-38)37-34-19-10-8-17-32(34)36(33-18-9-11-20-35(33)37)30-23-22-28-15-6-7-16-29(28)24-30/h5-25H,2-4H2,1H3/b13-12-,14-5-,31-21+. The maximum absolute atomic E-state index is 5.05. The minimum atomic E-state index is 0.798. The zero-order chi connectivity index (χ0) is 26.5. The van der Waals surface area contributed by atoms with E-state index >= 15 is 0 Å². The van der Waals surface area contributed by atoms with E-state index in [1.807, 2.05) is 12.2 Å². The molecule has 0 saturated carbocycles. The van der Waals surface area contributed by atoms with Crippen molar-refractivity contribution in [2.45, 2.75) is 13.3 Å². The van der Waals surface area contributed by atoms with Crippen molar-refractivity contribution in [3.05, 3.63) is 151 Å². The third-order valence-electron chi connectivity index (χ3n) is 6.86. The van der Waals surface area contributed by atoms with Crippen LogP contribution in [0.4, 0.5) is 0 Å². The summed E-state index contributed by atoms with van der Waals surface area (Å²) in [6, 6.07) is 32.7. The van der Waals surface area contributed by atoms with Gasteiger partial charge in [0.15, 0.2) is 0 Å². The van der Waals surface area contributed by atoms with Crippen molar-refractivity contribution < 1.29 is 0 Å². The van der Waals surface area contributed by atoms with Crippen molar-refractivity contribution in [3.8, 4) is 11.1 Å². The van der Waals surface area contributed by atoms with Crippen LogP contribution in [0.3, 0.4) is 0 Å². The predicted octanol–water partition coefficient (Wildman–Crippen LogP) is 10.8. The van der Waals surface area contributed by atoms with Crippen molar-refractivity contribution in [2.24, 2.45) is 0 Å². The Balaban J connectivity index is 1.86. The van der Waals surface area contributed by atoms with E-state index in [4.69, 9.17) is 12.2 Å². The van der Waals surface area contributed by atoms with Crippen LogP contribution < -0.4 is 0 Å². The van der Waals surface area contributed by atoms with Gasteiger partial charge in [-0.3, -0.25) is 0 Å². The summed E-state index contributed by atoms with van der Waals surface area (Å²) < 4.78 is 0. The molecule has 0 radical (unpaired) electrons. The van der Waals surface area contributed by atoms with E-state index in [0.717, 1.165) is 23.1 Å². The second-order valence-corrected chi connectivity index (χ2v) is 9.61. The summed E-state index contributed by atoms with van der Waals surface area (Å²) in [5.74, 6) is 0. The number of hydrogen-bond donors (Lipinski definition) is 0. The van der Waals surface area contributed by atoms with Crippen molar-refractivity contribution >= 4 is 55.5 Å². The van der Waals surface area contributed by atoms with Gasteiger partial charge in [-0.15, -0.1) is 0 Å². The highest BCUT2D eigenvalue weighted by Crippen LogP contribution is 2.43. The molecular weight excluding hydrogens is 476 g/mol. The largest absolute Gasteiger partial charge is 0.0911 e. The Morgan fingerprint density at radius 2 is 1.34 bits per heavy atom. The monoisotopic (exact) mass is 506 g/mol. The molecule has 0 unspecified atom stereocenters. The number of fused-ring (bicyclic) bond motifs is 3. The van der Waals surface area contributed by atoms with Crippen LogP contribution >= 0.6 is 12.2 Å². The molecular formula is C37H30S. The molecule has 0 aromatic heterocycles. The second kappa shape index (κ2) is 11.4. The third kappa shape index (κ3) is 4.94. The molecule has 0 bridgehead atoms. The molecule has 0 nitrogen and oxygen atoms in total. The Bertz CT molecular complexity index is 1740. The Kier molecular flexibility index (Phi) is 7.58. The van der Waals surface area contributed by atoms with E-state index < -0.39 is 0 Å². The molecule has 0 aliphatic rings. The lowest BCUT2D eigenvalue weighted by molar-refractivity contribution is 1.22. The predicted molar refractivity (Wildman–Crippen MR) is 173 cm³/mol. The van der Waals surface area contributed by atoms with E-state index in [0.29, 0.717) is 0 Å². The molecule has 0 atom stereocenters. The molecule has 5 aromatic rings. The van der Waals surface area contributed by atoms with Crippen LogP contribution in [0, 0.1) is 0 Å². The van der Waals surface area contributed by atoms with Crippen LogP contribution in [0.1, 0.15) is 18.9 Å². The Hall–Kier alpha value is -4.33. The van der Waals surface area contributed by atoms with Gasteiger partial charge in [-0.05, 0) is 78.2 Å². The van der Waals surface area contributed by atoms with Crippen LogP contribution in [0.25, 0.3) is 49.0 Å². The van der Waals surface area contributed by atoms with E-state index in [1.165, 1.54) is 49.0 Å². The van der Waals surface area contributed by atoms with Crippen molar-refractivity contribution in [3.63, 3.8) is 0 Å². The lowest BCUT2D eigenvalue weighted by Crippen LogP contribution is -1.95. The van der Waals surface area contributed by atoms with Crippen LogP contribution in [0.5, 0.6) is 0 Å². The number of benzene rings is 5. The van der Waals surface area contributed by atoms with Crippen LogP contribution in [-0.2, 0) is 0 Å². The van der Waals surface area contributed by atoms with Gasteiger partial charge in [0, 0.05) is 5.37 Å². The van der Waals surface area contributed by atoms with Crippen LogP contribution in [-0.4, -0.2) is 5.37 Å². The van der Waals surface area contributed by atoms with Crippen molar-refractivity contribution in [1.82, 2.24) is 0 Å².